The highest BCUT2D eigenvalue weighted by Gasteiger charge is 2.34. The van der Waals surface area contributed by atoms with E-state index in [-0.39, 0.29) is 12.7 Å². The summed E-state index contributed by atoms with van der Waals surface area (Å²) in [6.07, 6.45) is 3.34. The number of ether oxygens (including phenoxy) is 2. The van der Waals surface area contributed by atoms with Gasteiger partial charge in [0, 0.05) is 17.3 Å². The van der Waals surface area contributed by atoms with E-state index in [2.05, 4.69) is 15.4 Å². The summed E-state index contributed by atoms with van der Waals surface area (Å²) in [5, 5.41) is 7.99. The second kappa shape index (κ2) is 7.09. The van der Waals surface area contributed by atoms with Gasteiger partial charge >= 0.3 is 5.97 Å². The minimum Gasteiger partial charge on any atom is -0.459 e. The van der Waals surface area contributed by atoms with Gasteiger partial charge in [0.25, 0.3) is 0 Å². The Bertz CT molecular complexity index is 858. The van der Waals surface area contributed by atoms with E-state index in [0.717, 1.165) is 25.0 Å². The number of carbonyl (C=O) groups excluding carboxylic acids is 1. The van der Waals surface area contributed by atoms with Crippen LogP contribution in [0.1, 0.15) is 31.4 Å². The molecule has 1 N–H and O–H groups in total. The molecule has 8 heteroatoms. The number of halogens is 1. The van der Waals surface area contributed by atoms with E-state index in [1.807, 2.05) is 25.1 Å². The lowest BCUT2D eigenvalue weighted by molar-refractivity contribution is -0.142. The van der Waals surface area contributed by atoms with Crippen molar-refractivity contribution in [3.63, 3.8) is 0 Å². The molecule has 4 rings (SSSR count). The van der Waals surface area contributed by atoms with Crippen molar-refractivity contribution >= 4 is 23.5 Å². The zero-order chi connectivity index (χ0) is 18.1. The average molecular weight is 375 g/mol. The first-order valence-corrected chi connectivity index (χ1v) is 8.93. The Morgan fingerprint density at radius 3 is 3.15 bits per heavy atom. The first-order chi connectivity index (χ1) is 12.6. The third-order valence-corrected chi connectivity index (χ3v) is 4.84. The molecule has 1 aromatic carbocycles. The number of rotatable bonds is 4. The van der Waals surface area contributed by atoms with Gasteiger partial charge in [-0.1, -0.05) is 23.7 Å². The molecule has 0 saturated carbocycles. The van der Waals surface area contributed by atoms with Crippen LogP contribution in [0.15, 0.2) is 41.9 Å². The number of fused-ring (bicyclic) bond motifs is 1. The van der Waals surface area contributed by atoms with E-state index in [1.165, 1.54) is 6.33 Å². The number of esters is 1. The number of allylic oxidation sites excluding steroid dienone is 1. The van der Waals surface area contributed by atoms with Crippen LogP contribution in [0.4, 0.5) is 5.95 Å². The summed E-state index contributed by atoms with van der Waals surface area (Å²) in [5.74, 6) is 0.180. The topological polar surface area (TPSA) is 78.3 Å². The highest BCUT2D eigenvalue weighted by atomic mass is 35.5. The quantitative estimate of drug-likeness (QED) is 0.829. The highest BCUT2D eigenvalue weighted by Crippen LogP contribution is 2.36. The number of carbonyl (C=O) groups is 1. The predicted octanol–water partition coefficient (Wildman–Crippen LogP) is 2.94. The first kappa shape index (κ1) is 17.1. The number of nitrogens with zero attached hydrogens (tertiary/aromatic N) is 3. The van der Waals surface area contributed by atoms with Gasteiger partial charge in [-0.15, -0.1) is 0 Å². The maximum absolute atomic E-state index is 12.9. The molecule has 7 nitrogen and oxygen atoms in total. The Hall–Kier alpha value is -2.38. The number of benzene rings is 1. The fraction of sp³-hybridized carbons (Fsp3) is 0.389. The Balaban J connectivity index is 1.66. The first-order valence-electron chi connectivity index (χ1n) is 8.55. The Kier molecular flexibility index (Phi) is 4.65. The Morgan fingerprint density at radius 2 is 2.38 bits per heavy atom. The van der Waals surface area contributed by atoms with E-state index in [9.17, 15) is 4.79 Å². The average Bonchev–Trinajstić information content (AvgIpc) is 3.29. The van der Waals surface area contributed by atoms with E-state index >= 15 is 0 Å². The van der Waals surface area contributed by atoms with Crippen LogP contribution < -0.4 is 5.32 Å². The smallest absolute Gasteiger partial charge is 0.338 e. The van der Waals surface area contributed by atoms with Crippen LogP contribution in [0, 0.1) is 0 Å². The largest absolute Gasteiger partial charge is 0.459 e. The van der Waals surface area contributed by atoms with Gasteiger partial charge in [0.1, 0.15) is 19.0 Å². The van der Waals surface area contributed by atoms with Crippen LogP contribution in [-0.2, 0) is 14.3 Å². The van der Waals surface area contributed by atoms with Crippen molar-refractivity contribution < 1.29 is 14.3 Å². The molecule has 0 unspecified atom stereocenters. The highest BCUT2D eigenvalue weighted by molar-refractivity contribution is 6.30. The summed E-state index contributed by atoms with van der Waals surface area (Å²) in [6.45, 7) is 2.80. The zero-order valence-corrected chi connectivity index (χ0v) is 15.1. The fourth-order valence-electron chi connectivity index (χ4n) is 3.36. The van der Waals surface area contributed by atoms with E-state index in [4.69, 9.17) is 21.1 Å². The fourth-order valence-corrected chi connectivity index (χ4v) is 3.56. The SMILES string of the molecule is CC1=C(C(=O)OC[C@@H]2CCCO2)[C@H](c2cccc(Cl)c2)n2ncnc2N1. The molecular weight excluding hydrogens is 356 g/mol. The monoisotopic (exact) mass is 374 g/mol. The maximum Gasteiger partial charge on any atom is 0.338 e. The van der Waals surface area contributed by atoms with Crippen LogP contribution in [0.2, 0.25) is 5.02 Å². The minimum atomic E-state index is -0.454. The van der Waals surface area contributed by atoms with Gasteiger partial charge in [0.05, 0.1) is 11.7 Å². The minimum absolute atomic E-state index is 0.0250. The van der Waals surface area contributed by atoms with Crippen LogP contribution in [0.25, 0.3) is 0 Å². The third-order valence-electron chi connectivity index (χ3n) is 4.60. The Morgan fingerprint density at radius 1 is 1.50 bits per heavy atom. The summed E-state index contributed by atoms with van der Waals surface area (Å²) < 4.78 is 12.8. The molecule has 3 heterocycles. The molecule has 2 aliphatic rings. The second-order valence-electron chi connectivity index (χ2n) is 6.38. The lowest BCUT2D eigenvalue weighted by Gasteiger charge is -2.28. The number of hydrogen-bond acceptors (Lipinski definition) is 6. The van der Waals surface area contributed by atoms with Crippen molar-refractivity contribution in [2.24, 2.45) is 0 Å². The second-order valence-corrected chi connectivity index (χ2v) is 6.82. The number of anilines is 1. The van der Waals surface area contributed by atoms with Crippen molar-refractivity contribution in [2.75, 3.05) is 18.5 Å². The van der Waals surface area contributed by atoms with Crippen LogP contribution >= 0.6 is 11.6 Å². The van der Waals surface area contributed by atoms with Gasteiger partial charge in [-0.2, -0.15) is 10.1 Å². The van der Waals surface area contributed by atoms with Gasteiger partial charge in [0.2, 0.25) is 5.95 Å². The molecule has 26 heavy (non-hydrogen) atoms. The number of nitrogens with one attached hydrogen (secondary N) is 1. The summed E-state index contributed by atoms with van der Waals surface area (Å²) in [6, 6.07) is 6.92. The summed E-state index contributed by atoms with van der Waals surface area (Å²) in [4.78, 5) is 17.1. The van der Waals surface area contributed by atoms with Gasteiger partial charge in [-0.3, -0.25) is 0 Å². The molecule has 2 atom stereocenters. The standard InChI is InChI=1S/C18H19ClN4O3/c1-11-15(17(24)26-9-14-6-3-7-25-14)16(12-4-2-5-13(19)8-12)23-18(22-11)20-10-21-23/h2,4-5,8,10,14,16H,3,6-7,9H2,1H3,(H,20,21,22)/t14-,16-/m0/s1. The summed E-state index contributed by atoms with van der Waals surface area (Å²) in [5.41, 5.74) is 2.02. The lowest BCUT2D eigenvalue weighted by atomic mass is 9.96. The summed E-state index contributed by atoms with van der Waals surface area (Å²) >= 11 is 6.17. The van der Waals surface area contributed by atoms with Crippen molar-refractivity contribution in [2.45, 2.75) is 31.9 Å². The van der Waals surface area contributed by atoms with Crippen molar-refractivity contribution in [3.8, 4) is 0 Å². The third kappa shape index (κ3) is 3.20. The van der Waals surface area contributed by atoms with Gasteiger partial charge in [-0.25, -0.2) is 9.48 Å². The number of aromatic nitrogens is 3. The van der Waals surface area contributed by atoms with Crippen molar-refractivity contribution in [1.29, 1.82) is 0 Å². The van der Waals surface area contributed by atoms with Crippen LogP contribution in [0.3, 0.4) is 0 Å². The molecule has 0 spiro atoms. The molecule has 0 bridgehead atoms. The molecule has 2 aromatic rings. The van der Waals surface area contributed by atoms with E-state index in [0.29, 0.717) is 22.2 Å². The predicted molar refractivity (Wildman–Crippen MR) is 95.9 cm³/mol. The molecule has 1 saturated heterocycles. The normalized spacial score (nSPS) is 22.1. The molecule has 0 amide bonds. The molecule has 0 aliphatic carbocycles. The van der Waals surface area contributed by atoms with Gasteiger partial charge in [-0.05, 0) is 37.5 Å². The van der Waals surface area contributed by atoms with Crippen molar-refractivity contribution in [3.05, 3.63) is 52.4 Å². The van der Waals surface area contributed by atoms with E-state index < -0.39 is 12.0 Å². The van der Waals surface area contributed by atoms with Gasteiger partial charge < -0.3 is 14.8 Å². The molecule has 136 valence electrons. The molecular formula is C18H19ClN4O3. The summed E-state index contributed by atoms with van der Waals surface area (Å²) in [7, 11) is 0. The molecule has 0 radical (unpaired) electrons. The maximum atomic E-state index is 12.9. The molecule has 1 aromatic heterocycles. The van der Waals surface area contributed by atoms with Crippen LogP contribution in [-0.4, -0.2) is 40.1 Å². The van der Waals surface area contributed by atoms with E-state index in [1.54, 1.807) is 10.7 Å². The van der Waals surface area contributed by atoms with Crippen molar-refractivity contribution in [1.82, 2.24) is 14.8 Å². The molecule has 2 aliphatic heterocycles. The zero-order valence-electron chi connectivity index (χ0n) is 14.3. The van der Waals surface area contributed by atoms with Crippen LogP contribution in [0.5, 0.6) is 0 Å². The molecule has 1 fully saturated rings. The Labute approximate surface area is 156 Å². The lowest BCUT2D eigenvalue weighted by Crippen LogP contribution is -2.30. The number of hydrogen-bond donors (Lipinski definition) is 1. The van der Waals surface area contributed by atoms with Gasteiger partial charge in [0.15, 0.2) is 0 Å².